The van der Waals surface area contributed by atoms with Gasteiger partial charge < -0.3 is 5.32 Å². The van der Waals surface area contributed by atoms with E-state index in [4.69, 9.17) is 0 Å². The van der Waals surface area contributed by atoms with Crippen molar-refractivity contribution in [3.8, 4) is 0 Å². The third-order valence-corrected chi connectivity index (χ3v) is 3.27. The molecule has 0 saturated heterocycles. The molecule has 0 atom stereocenters. The molecule has 0 fully saturated rings. The molecule has 0 unspecified atom stereocenters. The van der Waals surface area contributed by atoms with Crippen LogP contribution in [0.2, 0.25) is 0 Å². The molecule has 0 spiro atoms. The van der Waals surface area contributed by atoms with E-state index < -0.39 is 0 Å². The van der Waals surface area contributed by atoms with Crippen LogP contribution >= 0.6 is 31.9 Å². The van der Waals surface area contributed by atoms with Crippen molar-refractivity contribution in [2.24, 2.45) is 0 Å². The van der Waals surface area contributed by atoms with Crippen LogP contribution in [0.5, 0.6) is 0 Å². The number of benzene rings is 1. The topological polar surface area (TPSA) is 42.0 Å². The number of hydrogen-bond acceptors (Lipinski definition) is 2. The zero-order chi connectivity index (χ0) is 12.3. The molecule has 1 amide bonds. The van der Waals surface area contributed by atoms with Gasteiger partial charge in [0.25, 0.3) is 5.91 Å². The Morgan fingerprint density at radius 2 is 1.82 bits per heavy atom. The van der Waals surface area contributed by atoms with Crippen molar-refractivity contribution >= 4 is 43.5 Å². The van der Waals surface area contributed by atoms with Crippen LogP contribution in [0.25, 0.3) is 0 Å². The van der Waals surface area contributed by atoms with Gasteiger partial charge in [-0.15, -0.1) is 0 Å². The van der Waals surface area contributed by atoms with Crippen LogP contribution < -0.4 is 5.32 Å². The first-order chi connectivity index (χ1) is 8.16. The van der Waals surface area contributed by atoms with Gasteiger partial charge in [-0.05, 0) is 52.3 Å². The first-order valence-electron chi connectivity index (χ1n) is 4.84. The molecule has 2 rings (SSSR count). The molecule has 1 aromatic carbocycles. The van der Waals surface area contributed by atoms with Crippen LogP contribution in [0.1, 0.15) is 10.4 Å². The molecule has 3 nitrogen and oxygen atoms in total. The van der Waals surface area contributed by atoms with E-state index in [9.17, 15) is 4.79 Å². The lowest BCUT2D eigenvalue weighted by atomic mass is 10.2. The fourth-order valence-electron chi connectivity index (χ4n) is 1.28. The Kier molecular flexibility index (Phi) is 3.91. The summed E-state index contributed by atoms with van der Waals surface area (Å²) in [7, 11) is 0. The molecule has 0 saturated carbocycles. The average molecular weight is 356 g/mol. The van der Waals surface area contributed by atoms with Crippen molar-refractivity contribution < 1.29 is 4.79 Å². The average Bonchev–Trinajstić information content (AvgIpc) is 2.33. The quantitative estimate of drug-likeness (QED) is 0.831. The minimum Gasteiger partial charge on any atom is -0.320 e. The number of amides is 1. The maximum atomic E-state index is 11.9. The van der Waals surface area contributed by atoms with E-state index in [1.165, 1.54) is 0 Å². The summed E-state index contributed by atoms with van der Waals surface area (Å²) in [6.45, 7) is 0. The van der Waals surface area contributed by atoms with Gasteiger partial charge in [-0.3, -0.25) is 4.79 Å². The number of carbonyl (C=O) groups excluding carboxylic acids is 1. The Morgan fingerprint density at radius 3 is 2.47 bits per heavy atom. The highest BCUT2D eigenvalue weighted by molar-refractivity contribution is 9.10. The standard InChI is InChI=1S/C12H8Br2N2O/c13-9-5-3-8(4-6-9)12(17)16-10-2-1-7-15-11(10)14/h1-7H,(H,16,17). The van der Waals surface area contributed by atoms with Gasteiger partial charge in [0, 0.05) is 16.2 Å². The highest BCUT2D eigenvalue weighted by atomic mass is 79.9. The second-order valence-electron chi connectivity index (χ2n) is 3.30. The molecular weight excluding hydrogens is 348 g/mol. The highest BCUT2D eigenvalue weighted by Crippen LogP contribution is 2.19. The number of nitrogens with one attached hydrogen (secondary N) is 1. The molecule has 5 heteroatoms. The van der Waals surface area contributed by atoms with E-state index in [2.05, 4.69) is 42.2 Å². The molecule has 86 valence electrons. The summed E-state index contributed by atoms with van der Waals surface area (Å²) >= 11 is 6.60. The molecular formula is C12H8Br2N2O. The number of nitrogens with zero attached hydrogens (tertiary/aromatic N) is 1. The minimum absolute atomic E-state index is 0.161. The summed E-state index contributed by atoms with van der Waals surface area (Å²) < 4.78 is 1.56. The fraction of sp³-hybridized carbons (Fsp3) is 0. The molecule has 0 bridgehead atoms. The van der Waals surface area contributed by atoms with Crippen molar-refractivity contribution in [2.45, 2.75) is 0 Å². The van der Waals surface area contributed by atoms with Crippen LogP contribution in [-0.2, 0) is 0 Å². The second kappa shape index (κ2) is 5.42. The lowest BCUT2D eigenvalue weighted by Gasteiger charge is -2.06. The minimum atomic E-state index is -0.161. The molecule has 0 aliphatic carbocycles. The lowest BCUT2D eigenvalue weighted by molar-refractivity contribution is 0.102. The third-order valence-electron chi connectivity index (χ3n) is 2.11. The Morgan fingerprint density at radius 1 is 1.12 bits per heavy atom. The second-order valence-corrected chi connectivity index (χ2v) is 4.97. The molecule has 1 N–H and O–H groups in total. The molecule has 0 radical (unpaired) electrons. The largest absolute Gasteiger partial charge is 0.320 e. The Balaban J connectivity index is 2.17. The SMILES string of the molecule is O=C(Nc1cccnc1Br)c1ccc(Br)cc1. The smallest absolute Gasteiger partial charge is 0.255 e. The third kappa shape index (κ3) is 3.14. The van der Waals surface area contributed by atoms with Gasteiger partial charge in [0.15, 0.2) is 0 Å². The molecule has 1 aromatic heterocycles. The normalized spacial score (nSPS) is 10.0. The first-order valence-corrected chi connectivity index (χ1v) is 6.43. The summed E-state index contributed by atoms with van der Waals surface area (Å²) in [6, 6.07) is 10.7. The van der Waals surface area contributed by atoms with Gasteiger partial charge in [0.1, 0.15) is 4.60 Å². The molecule has 17 heavy (non-hydrogen) atoms. The number of carbonyl (C=O) groups is 1. The number of rotatable bonds is 2. The van der Waals surface area contributed by atoms with Gasteiger partial charge in [-0.2, -0.15) is 0 Å². The van der Waals surface area contributed by atoms with Gasteiger partial charge in [-0.1, -0.05) is 15.9 Å². The molecule has 1 heterocycles. The van der Waals surface area contributed by atoms with Gasteiger partial charge in [-0.25, -0.2) is 4.98 Å². The lowest BCUT2D eigenvalue weighted by Crippen LogP contribution is -2.12. The van der Waals surface area contributed by atoms with Gasteiger partial charge in [0.05, 0.1) is 5.69 Å². The van der Waals surface area contributed by atoms with Crippen molar-refractivity contribution in [2.75, 3.05) is 5.32 Å². The van der Waals surface area contributed by atoms with E-state index in [1.807, 2.05) is 12.1 Å². The van der Waals surface area contributed by atoms with Crippen molar-refractivity contribution in [1.29, 1.82) is 0 Å². The van der Waals surface area contributed by atoms with Crippen molar-refractivity contribution in [1.82, 2.24) is 4.98 Å². The van der Waals surface area contributed by atoms with Crippen LogP contribution in [0, 0.1) is 0 Å². The summed E-state index contributed by atoms with van der Waals surface area (Å²) in [5, 5.41) is 2.78. The molecule has 2 aromatic rings. The van der Waals surface area contributed by atoms with Gasteiger partial charge >= 0.3 is 0 Å². The van der Waals surface area contributed by atoms with E-state index in [1.54, 1.807) is 30.5 Å². The number of halogens is 2. The summed E-state index contributed by atoms with van der Waals surface area (Å²) in [5.74, 6) is -0.161. The summed E-state index contributed by atoms with van der Waals surface area (Å²) in [5.41, 5.74) is 1.25. The fourth-order valence-corrected chi connectivity index (χ4v) is 1.89. The predicted octanol–water partition coefficient (Wildman–Crippen LogP) is 3.86. The Hall–Kier alpha value is -1.20. The first kappa shape index (κ1) is 12.3. The zero-order valence-electron chi connectivity index (χ0n) is 8.65. The van der Waals surface area contributed by atoms with E-state index in [0.29, 0.717) is 15.9 Å². The van der Waals surface area contributed by atoms with E-state index in [-0.39, 0.29) is 5.91 Å². The van der Waals surface area contributed by atoms with E-state index >= 15 is 0 Å². The summed E-state index contributed by atoms with van der Waals surface area (Å²) in [6.07, 6.45) is 1.65. The van der Waals surface area contributed by atoms with Crippen molar-refractivity contribution in [3.05, 3.63) is 57.2 Å². The van der Waals surface area contributed by atoms with Crippen LogP contribution in [0.4, 0.5) is 5.69 Å². The summed E-state index contributed by atoms with van der Waals surface area (Å²) in [4.78, 5) is 15.9. The number of aromatic nitrogens is 1. The van der Waals surface area contributed by atoms with Crippen molar-refractivity contribution in [3.63, 3.8) is 0 Å². The number of anilines is 1. The molecule has 0 aliphatic heterocycles. The van der Waals surface area contributed by atoms with Crippen LogP contribution in [-0.4, -0.2) is 10.9 Å². The predicted molar refractivity (Wildman–Crippen MR) is 74.0 cm³/mol. The van der Waals surface area contributed by atoms with Gasteiger partial charge in [0.2, 0.25) is 0 Å². The number of pyridine rings is 1. The Labute approximate surface area is 116 Å². The Bertz CT molecular complexity index is 540. The maximum absolute atomic E-state index is 11.9. The molecule has 0 aliphatic rings. The highest BCUT2D eigenvalue weighted by Gasteiger charge is 2.07. The van der Waals surface area contributed by atoms with E-state index in [0.717, 1.165) is 4.47 Å². The monoisotopic (exact) mass is 354 g/mol. The number of hydrogen-bond donors (Lipinski definition) is 1. The van der Waals surface area contributed by atoms with Crippen LogP contribution in [0.15, 0.2) is 51.7 Å². The zero-order valence-corrected chi connectivity index (χ0v) is 11.8. The van der Waals surface area contributed by atoms with Crippen LogP contribution in [0.3, 0.4) is 0 Å². The maximum Gasteiger partial charge on any atom is 0.255 e.